The zero-order valence-corrected chi connectivity index (χ0v) is 35.1. The molecule has 1 unspecified atom stereocenters. The quantitative estimate of drug-likeness (QED) is 0.165. The van der Waals surface area contributed by atoms with Crippen molar-refractivity contribution in [2.45, 2.75) is 63.5 Å². The number of piperazine rings is 1. The number of aromatic nitrogens is 7. The molecule has 63 heavy (non-hydrogen) atoms. The number of imidazole rings is 1. The Hall–Kier alpha value is -5.97. The average Bonchev–Trinajstić information content (AvgIpc) is 4.06. The number of piperidine rings is 1. The zero-order valence-electron chi connectivity index (χ0n) is 35.1. The van der Waals surface area contributed by atoms with Crippen LogP contribution in [0.1, 0.15) is 85.1 Å². The number of para-hydroxylation sites is 1. The van der Waals surface area contributed by atoms with Gasteiger partial charge in [0.1, 0.15) is 17.4 Å². The summed E-state index contributed by atoms with van der Waals surface area (Å²) in [5, 5.41) is 13.6. The lowest BCUT2D eigenvalue weighted by Crippen LogP contribution is -2.48. The minimum atomic E-state index is -2.86. The van der Waals surface area contributed by atoms with Gasteiger partial charge in [0.2, 0.25) is 11.8 Å². The first kappa shape index (κ1) is 41.1. The molecule has 0 bridgehead atoms. The fourth-order valence-electron chi connectivity index (χ4n) is 10.1. The topological polar surface area (TPSA) is 169 Å². The molecule has 10 rings (SSSR count). The van der Waals surface area contributed by atoms with Gasteiger partial charge in [-0.25, -0.2) is 23.1 Å². The first-order chi connectivity index (χ1) is 30.5. The molecule has 1 aromatic carbocycles. The number of anilines is 2. The number of fused-ring (bicyclic) bond motifs is 2. The Bertz CT molecular complexity index is 2710. The molecular formula is C44H50F2N12O5. The molecule has 19 heteroatoms. The predicted octanol–water partition coefficient (Wildman–Crippen LogP) is 3.37. The number of nitrogens with zero attached hydrogens (tertiary/aromatic N) is 10. The van der Waals surface area contributed by atoms with Crippen LogP contribution in [-0.4, -0.2) is 127 Å². The predicted molar refractivity (Wildman–Crippen MR) is 228 cm³/mol. The van der Waals surface area contributed by atoms with E-state index < -0.39 is 30.0 Å². The summed E-state index contributed by atoms with van der Waals surface area (Å²) in [7, 11) is 1.68. The van der Waals surface area contributed by atoms with Crippen molar-refractivity contribution >= 4 is 45.9 Å². The molecule has 1 aliphatic carbocycles. The first-order valence-corrected chi connectivity index (χ1v) is 21.9. The second kappa shape index (κ2) is 16.6. The van der Waals surface area contributed by atoms with E-state index in [1.165, 1.54) is 19.8 Å². The Morgan fingerprint density at radius 2 is 1.83 bits per heavy atom. The fraction of sp³-hybridized carbons (Fsp3) is 0.523. The maximum atomic E-state index is 14.3. The van der Waals surface area contributed by atoms with Gasteiger partial charge in [-0.15, -0.1) is 0 Å². The molecule has 4 saturated heterocycles. The third-order valence-corrected chi connectivity index (χ3v) is 13.7. The molecule has 4 aliphatic heterocycles. The third kappa shape index (κ3) is 7.88. The van der Waals surface area contributed by atoms with E-state index in [0.717, 1.165) is 96.9 Å². The van der Waals surface area contributed by atoms with Crippen molar-refractivity contribution in [3.8, 4) is 11.8 Å². The van der Waals surface area contributed by atoms with Crippen LogP contribution in [0.2, 0.25) is 0 Å². The van der Waals surface area contributed by atoms with Gasteiger partial charge in [0.15, 0.2) is 11.3 Å². The number of hydrogen-bond acceptors (Lipinski definition) is 11. The SMILES string of the molecule is Cn1c(=O)n(C2CCC(=O)NC2=O)c2cccc(C#CCN3CCN(C[C@H]4CC[C@H](n5cc(NC(=O)c6cnn7ccc(N8CCC9(COC9)C8)nc67)c(C(F)F)n5)CC4)CC3)c21. The summed E-state index contributed by atoms with van der Waals surface area (Å²) in [6, 6.07) is 6.60. The number of halogens is 2. The number of aryl methyl sites for hydroxylation is 1. The fourth-order valence-corrected chi connectivity index (χ4v) is 10.1. The van der Waals surface area contributed by atoms with Crippen LogP contribution in [-0.2, 0) is 21.4 Å². The second-order valence-corrected chi connectivity index (χ2v) is 17.8. The second-order valence-electron chi connectivity index (χ2n) is 17.8. The number of nitrogens with one attached hydrogen (secondary N) is 2. The summed E-state index contributed by atoms with van der Waals surface area (Å²) in [6.45, 7) is 8.29. The van der Waals surface area contributed by atoms with Gasteiger partial charge in [-0.2, -0.15) is 10.2 Å². The lowest BCUT2D eigenvalue weighted by Gasteiger charge is -2.37. The van der Waals surface area contributed by atoms with Crippen molar-refractivity contribution in [3.05, 3.63) is 70.2 Å². The standard InChI is InChI=1S/C44H50F2N12O5/c1-52-38-29(4-2-6-33(38)58(43(52)62)34-11-12-36(59)50-42(34)61)5-3-15-53-18-20-54(21-19-53)23-28-7-9-30(10-8-28)57-24-32(37(51-57)39(45)46)48-41(60)31-22-47-56-16-13-35(49-40(31)56)55-17-14-44(25-55)26-63-27-44/h2,4,6,13,16,22,24,28,30,34,39H,7-12,14-15,17-21,23,25-27H2,1H3,(H,48,60)(H,50,59,61)/t28-,30-,34?. The molecule has 3 amide bonds. The molecule has 1 spiro atoms. The lowest BCUT2D eigenvalue weighted by atomic mass is 9.85. The van der Waals surface area contributed by atoms with E-state index in [2.05, 4.69) is 47.4 Å². The number of ether oxygens (including phenoxy) is 1. The van der Waals surface area contributed by atoms with Gasteiger partial charge in [-0.05, 0) is 62.6 Å². The highest BCUT2D eigenvalue weighted by atomic mass is 19.3. The molecule has 17 nitrogen and oxygen atoms in total. The van der Waals surface area contributed by atoms with Crippen molar-refractivity contribution < 1.29 is 27.9 Å². The normalized spacial score (nSPS) is 23.0. The number of alkyl halides is 2. The van der Waals surface area contributed by atoms with Crippen molar-refractivity contribution in [2.24, 2.45) is 18.4 Å². The molecule has 5 aliphatic rings. The minimum absolute atomic E-state index is 0.00630. The maximum Gasteiger partial charge on any atom is 0.329 e. The number of imide groups is 1. The number of rotatable bonds is 9. The first-order valence-electron chi connectivity index (χ1n) is 21.9. The molecule has 5 aromatic rings. The number of hydrogen-bond donors (Lipinski definition) is 2. The Morgan fingerprint density at radius 3 is 2.56 bits per heavy atom. The van der Waals surface area contributed by atoms with Gasteiger partial charge in [0.05, 0.1) is 54.3 Å². The van der Waals surface area contributed by atoms with Crippen LogP contribution in [0.15, 0.2) is 47.7 Å². The highest BCUT2D eigenvalue weighted by molar-refractivity contribution is 6.08. The maximum absolute atomic E-state index is 14.3. The molecule has 2 N–H and O–H groups in total. The van der Waals surface area contributed by atoms with E-state index in [1.54, 1.807) is 24.1 Å². The Morgan fingerprint density at radius 1 is 1.03 bits per heavy atom. The molecular weight excluding hydrogens is 815 g/mol. The lowest BCUT2D eigenvalue weighted by molar-refractivity contribution is -0.135. The summed E-state index contributed by atoms with van der Waals surface area (Å²) in [5.41, 5.74) is 1.93. The summed E-state index contributed by atoms with van der Waals surface area (Å²) < 4.78 is 40.2. The van der Waals surface area contributed by atoms with Gasteiger partial charge >= 0.3 is 5.69 Å². The van der Waals surface area contributed by atoms with E-state index in [-0.39, 0.29) is 47.1 Å². The Labute approximate surface area is 361 Å². The van der Waals surface area contributed by atoms with Crippen LogP contribution in [0.25, 0.3) is 16.7 Å². The summed E-state index contributed by atoms with van der Waals surface area (Å²) in [4.78, 5) is 63.0. The molecule has 5 fully saturated rings. The van der Waals surface area contributed by atoms with E-state index in [4.69, 9.17) is 9.72 Å². The Kier molecular flexibility index (Phi) is 10.8. The monoisotopic (exact) mass is 864 g/mol. The number of carbonyl (C=O) groups excluding carboxylic acids is 3. The summed E-state index contributed by atoms with van der Waals surface area (Å²) >= 11 is 0. The Balaban J connectivity index is 0.716. The molecule has 330 valence electrons. The molecule has 4 aromatic heterocycles. The third-order valence-electron chi connectivity index (χ3n) is 13.7. The van der Waals surface area contributed by atoms with E-state index in [0.29, 0.717) is 34.7 Å². The van der Waals surface area contributed by atoms with Gasteiger partial charge in [-0.3, -0.25) is 38.4 Å². The van der Waals surface area contributed by atoms with E-state index in [1.807, 2.05) is 24.3 Å². The van der Waals surface area contributed by atoms with Gasteiger partial charge in [-0.1, -0.05) is 17.9 Å². The highest BCUT2D eigenvalue weighted by Crippen LogP contribution is 2.39. The van der Waals surface area contributed by atoms with Crippen molar-refractivity contribution in [1.29, 1.82) is 0 Å². The molecule has 1 atom stereocenters. The van der Waals surface area contributed by atoms with Crippen molar-refractivity contribution in [2.75, 3.05) is 75.8 Å². The van der Waals surface area contributed by atoms with Crippen LogP contribution in [0.4, 0.5) is 20.3 Å². The van der Waals surface area contributed by atoms with Gasteiger partial charge < -0.3 is 19.9 Å². The van der Waals surface area contributed by atoms with Crippen molar-refractivity contribution in [3.63, 3.8) is 0 Å². The molecule has 0 radical (unpaired) electrons. The smallest absolute Gasteiger partial charge is 0.329 e. The van der Waals surface area contributed by atoms with E-state index >= 15 is 0 Å². The van der Waals surface area contributed by atoms with Crippen LogP contribution in [0.3, 0.4) is 0 Å². The van der Waals surface area contributed by atoms with E-state index in [9.17, 15) is 28.0 Å². The number of carbonyl (C=O) groups is 3. The van der Waals surface area contributed by atoms with Gasteiger partial charge in [0, 0.05) is 77.1 Å². The van der Waals surface area contributed by atoms with Gasteiger partial charge in [0.25, 0.3) is 12.3 Å². The summed E-state index contributed by atoms with van der Waals surface area (Å²) in [5.74, 6) is 6.43. The minimum Gasteiger partial charge on any atom is -0.380 e. The summed E-state index contributed by atoms with van der Waals surface area (Å²) in [6.07, 6.45) is 6.83. The van der Waals surface area contributed by atoms with Crippen LogP contribution >= 0.6 is 0 Å². The zero-order chi connectivity index (χ0) is 43.4. The van der Waals surface area contributed by atoms with Crippen LogP contribution in [0.5, 0.6) is 0 Å². The number of benzene rings is 1. The van der Waals surface area contributed by atoms with Crippen molar-refractivity contribution in [1.82, 2.24) is 48.6 Å². The largest absolute Gasteiger partial charge is 0.380 e. The van der Waals surface area contributed by atoms with Crippen LogP contribution in [0, 0.1) is 23.2 Å². The number of amides is 3. The molecule has 8 heterocycles. The molecule has 1 saturated carbocycles. The average molecular weight is 865 g/mol. The van der Waals surface area contributed by atoms with Crippen LogP contribution < -0.4 is 21.2 Å². The highest BCUT2D eigenvalue weighted by Gasteiger charge is 2.45.